The first-order chi connectivity index (χ1) is 10.2. The third kappa shape index (κ3) is 4.18. The van der Waals surface area contributed by atoms with E-state index in [2.05, 4.69) is 17.2 Å². The Morgan fingerprint density at radius 1 is 1.14 bits per heavy atom. The molecule has 0 spiro atoms. The van der Waals surface area contributed by atoms with Crippen molar-refractivity contribution in [2.75, 3.05) is 6.54 Å². The number of carbonyl (C=O) groups is 1. The van der Waals surface area contributed by atoms with Crippen LogP contribution < -0.4 is 5.32 Å². The maximum Gasteiger partial charge on any atom is 0.270 e. The lowest BCUT2D eigenvalue weighted by Gasteiger charge is -2.01. The van der Waals surface area contributed by atoms with Crippen LogP contribution in [0, 0.1) is 22.0 Å². The normalized spacial score (nSPS) is 9.33. The highest BCUT2D eigenvalue weighted by Crippen LogP contribution is 2.12. The Morgan fingerprint density at radius 2 is 1.90 bits per heavy atom. The third-order valence-electron chi connectivity index (χ3n) is 2.66. The maximum absolute atomic E-state index is 11.8. The van der Waals surface area contributed by atoms with Gasteiger partial charge in [-0.15, -0.1) is 0 Å². The molecular formula is C16H12N2O3. The largest absolute Gasteiger partial charge is 0.341 e. The number of carbonyl (C=O) groups excluding carboxylic acids is 1. The fourth-order valence-corrected chi connectivity index (χ4v) is 1.65. The number of nitrogens with one attached hydrogen (secondary N) is 1. The molecule has 0 saturated carbocycles. The molecule has 0 unspecified atom stereocenters. The van der Waals surface area contributed by atoms with Crippen LogP contribution in [0.15, 0.2) is 54.6 Å². The highest BCUT2D eigenvalue weighted by atomic mass is 16.6. The van der Waals surface area contributed by atoms with Gasteiger partial charge in [-0.25, -0.2) is 0 Å². The topological polar surface area (TPSA) is 72.2 Å². The van der Waals surface area contributed by atoms with Crippen molar-refractivity contribution < 1.29 is 9.72 Å². The van der Waals surface area contributed by atoms with E-state index >= 15 is 0 Å². The second-order valence-corrected chi connectivity index (χ2v) is 4.16. The highest BCUT2D eigenvalue weighted by molar-refractivity contribution is 5.94. The van der Waals surface area contributed by atoms with Crippen molar-refractivity contribution in [2.45, 2.75) is 0 Å². The minimum absolute atomic E-state index is 0.113. The average Bonchev–Trinajstić information content (AvgIpc) is 2.52. The van der Waals surface area contributed by atoms with E-state index in [1.54, 1.807) is 0 Å². The second kappa shape index (κ2) is 6.87. The quantitative estimate of drug-likeness (QED) is 0.533. The van der Waals surface area contributed by atoms with Crippen LogP contribution in [0.4, 0.5) is 5.69 Å². The second-order valence-electron chi connectivity index (χ2n) is 4.16. The summed E-state index contributed by atoms with van der Waals surface area (Å²) >= 11 is 0. The fraction of sp³-hybridized carbons (Fsp3) is 0.0625. The van der Waals surface area contributed by atoms with Crippen molar-refractivity contribution in [3.63, 3.8) is 0 Å². The lowest BCUT2D eigenvalue weighted by molar-refractivity contribution is -0.384. The molecule has 1 amide bonds. The smallest absolute Gasteiger partial charge is 0.270 e. The van der Waals surface area contributed by atoms with Gasteiger partial charge in [-0.3, -0.25) is 14.9 Å². The first-order valence-electron chi connectivity index (χ1n) is 6.23. The average molecular weight is 280 g/mol. The molecule has 2 aromatic carbocycles. The number of hydrogen-bond acceptors (Lipinski definition) is 3. The number of benzene rings is 2. The molecule has 2 rings (SSSR count). The molecule has 0 aliphatic rings. The van der Waals surface area contributed by atoms with Crippen LogP contribution in [0.2, 0.25) is 0 Å². The highest BCUT2D eigenvalue weighted by Gasteiger charge is 2.10. The number of amides is 1. The van der Waals surface area contributed by atoms with E-state index in [-0.39, 0.29) is 23.7 Å². The number of rotatable bonds is 3. The van der Waals surface area contributed by atoms with E-state index in [4.69, 9.17) is 0 Å². The van der Waals surface area contributed by atoms with E-state index in [1.165, 1.54) is 24.3 Å². The molecule has 0 fully saturated rings. The van der Waals surface area contributed by atoms with Gasteiger partial charge in [0.15, 0.2) is 0 Å². The van der Waals surface area contributed by atoms with Gasteiger partial charge in [0.1, 0.15) is 0 Å². The van der Waals surface area contributed by atoms with Crippen LogP contribution in [-0.4, -0.2) is 17.4 Å². The number of nitro groups is 1. The zero-order valence-corrected chi connectivity index (χ0v) is 11.1. The Labute approximate surface area is 121 Å². The number of nitrogens with zero attached hydrogens (tertiary/aromatic N) is 1. The molecule has 21 heavy (non-hydrogen) atoms. The van der Waals surface area contributed by atoms with Crippen molar-refractivity contribution in [1.29, 1.82) is 0 Å². The van der Waals surface area contributed by atoms with Gasteiger partial charge >= 0.3 is 0 Å². The Morgan fingerprint density at radius 3 is 2.62 bits per heavy atom. The summed E-state index contributed by atoms with van der Waals surface area (Å²) in [5.74, 6) is 5.34. The standard InChI is InChI=1S/C16H12N2O3/c19-16(14-9-4-10-15(12-14)18(20)21)17-11-5-8-13-6-2-1-3-7-13/h1-4,6-7,9-10,12H,11H2,(H,17,19). The molecule has 0 radical (unpaired) electrons. The predicted molar refractivity (Wildman–Crippen MR) is 78.7 cm³/mol. The summed E-state index contributed by atoms with van der Waals surface area (Å²) in [6.45, 7) is 0.177. The van der Waals surface area contributed by atoms with Crippen LogP contribution in [0.1, 0.15) is 15.9 Å². The summed E-state index contributed by atoms with van der Waals surface area (Å²) in [5.41, 5.74) is 0.992. The molecular weight excluding hydrogens is 268 g/mol. The summed E-state index contributed by atoms with van der Waals surface area (Å²) < 4.78 is 0. The third-order valence-corrected chi connectivity index (χ3v) is 2.66. The molecule has 5 nitrogen and oxygen atoms in total. The first-order valence-corrected chi connectivity index (χ1v) is 6.23. The first kappa shape index (κ1) is 14.3. The van der Waals surface area contributed by atoms with Gasteiger partial charge in [-0.1, -0.05) is 36.1 Å². The Kier molecular flexibility index (Phi) is 4.67. The molecule has 104 valence electrons. The summed E-state index contributed by atoms with van der Waals surface area (Å²) in [5, 5.41) is 13.2. The van der Waals surface area contributed by atoms with Gasteiger partial charge < -0.3 is 5.32 Å². The Bertz CT molecular complexity index is 715. The predicted octanol–water partition coefficient (Wildman–Crippen LogP) is 2.38. The number of hydrogen-bond donors (Lipinski definition) is 1. The van der Waals surface area contributed by atoms with Crippen LogP contribution in [0.3, 0.4) is 0 Å². The number of nitro benzene ring substituents is 1. The molecule has 2 aromatic rings. The van der Waals surface area contributed by atoms with Crippen molar-refractivity contribution in [1.82, 2.24) is 5.32 Å². The van der Waals surface area contributed by atoms with E-state index in [1.807, 2.05) is 30.3 Å². The van der Waals surface area contributed by atoms with Crippen molar-refractivity contribution in [3.05, 3.63) is 75.8 Å². The fourth-order valence-electron chi connectivity index (χ4n) is 1.65. The van der Waals surface area contributed by atoms with Gasteiger partial charge in [0.05, 0.1) is 11.5 Å². The number of non-ortho nitro benzene ring substituents is 1. The maximum atomic E-state index is 11.8. The van der Waals surface area contributed by atoms with Crippen molar-refractivity contribution >= 4 is 11.6 Å². The van der Waals surface area contributed by atoms with Gasteiger partial charge in [-0.05, 0) is 18.2 Å². The lowest BCUT2D eigenvalue weighted by Crippen LogP contribution is -2.23. The van der Waals surface area contributed by atoms with Crippen LogP contribution in [0.5, 0.6) is 0 Å². The van der Waals surface area contributed by atoms with E-state index in [9.17, 15) is 14.9 Å². The summed E-state index contributed by atoms with van der Waals surface area (Å²) in [6.07, 6.45) is 0. The van der Waals surface area contributed by atoms with Crippen LogP contribution in [-0.2, 0) is 0 Å². The molecule has 0 saturated heterocycles. The molecule has 0 atom stereocenters. The molecule has 0 aliphatic heterocycles. The minimum atomic E-state index is -0.536. The van der Waals surface area contributed by atoms with Gasteiger partial charge in [0, 0.05) is 23.3 Å². The van der Waals surface area contributed by atoms with Gasteiger partial charge in [-0.2, -0.15) is 0 Å². The van der Waals surface area contributed by atoms with Crippen molar-refractivity contribution in [2.24, 2.45) is 0 Å². The molecule has 0 bridgehead atoms. The molecule has 0 heterocycles. The molecule has 5 heteroatoms. The molecule has 0 aromatic heterocycles. The zero-order valence-electron chi connectivity index (χ0n) is 11.1. The lowest BCUT2D eigenvalue weighted by atomic mass is 10.2. The van der Waals surface area contributed by atoms with Gasteiger partial charge in [0.2, 0.25) is 0 Å². The summed E-state index contributed by atoms with van der Waals surface area (Å²) in [4.78, 5) is 21.9. The SMILES string of the molecule is O=C(NCC#Cc1ccccc1)c1cccc([N+](=O)[O-])c1. The summed E-state index contributed by atoms with van der Waals surface area (Å²) in [7, 11) is 0. The van der Waals surface area contributed by atoms with E-state index in [0.717, 1.165) is 5.56 Å². The molecule has 1 N–H and O–H groups in total. The van der Waals surface area contributed by atoms with Gasteiger partial charge in [0.25, 0.3) is 11.6 Å². The Hall–Kier alpha value is -3.13. The zero-order chi connectivity index (χ0) is 15.1. The molecule has 0 aliphatic carbocycles. The van der Waals surface area contributed by atoms with E-state index < -0.39 is 4.92 Å². The van der Waals surface area contributed by atoms with Crippen LogP contribution in [0.25, 0.3) is 0 Å². The van der Waals surface area contributed by atoms with Crippen molar-refractivity contribution in [3.8, 4) is 11.8 Å². The minimum Gasteiger partial charge on any atom is -0.341 e. The van der Waals surface area contributed by atoms with E-state index in [0.29, 0.717) is 0 Å². The summed E-state index contributed by atoms with van der Waals surface area (Å²) in [6, 6.07) is 15.0. The van der Waals surface area contributed by atoms with Crippen LogP contribution >= 0.6 is 0 Å². The monoisotopic (exact) mass is 280 g/mol. The Balaban J connectivity index is 1.95.